The Morgan fingerprint density at radius 1 is 1.18 bits per heavy atom. The van der Waals surface area contributed by atoms with Crippen LogP contribution in [0.4, 0.5) is 10.1 Å². The van der Waals surface area contributed by atoms with Gasteiger partial charge in [0.05, 0.1) is 0 Å². The van der Waals surface area contributed by atoms with Crippen molar-refractivity contribution in [1.82, 2.24) is 5.32 Å². The van der Waals surface area contributed by atoms with Crippen molar-refractivity contribution in [3.05, 3.63) is 71.6 Å². The Bertz CT molecular complexity index is 711. The van der Waals surface area contributed by atoms with E-state index in [1.165, 1.54) is 18.2 Å². The Morgan fingerprint density at radius 3 is 2.59 bits per heavy atom. The smallest absolute Gasteiger partial charge is 0.250 e. The molecule has 0 radical (unpaired) electrons. The highest BCUT2D eigenvalue weighted by Gasteiger charge is 2.01. The van der Waals surface area contributed by atoms with Crippen molar-refractivity contribution in [3.8, 4) is 0 Å². The predicted octanol–water partition coefficient (Wildman–Crippen LogP) is 3.66. The topological polar surface area (TPSA) is 41.1 Å². The van der Waals surface area contributed by atoms with Gasteiger partial charge in [-0.25, -0.2) is 4.39 Å². The fraction of sp³-hybridized carbons (Fsp3) is 0.0588. The Labute approximate surface area is 133 Å². The Kier molecular flexibility index (Phi) is 5.38. The molecule has 0 saturated carbocycles. The van der Waals surface area contributed by atoms with Crippen LogP contribution < -0.4 is 10.6 Å². The van der Waals surface area contributed by atoms with Gasteiger partial charge in [0.1, 0.15) is 5.82 Å². The van der Waals surface area contributed by atoms with E-state index in [-0.39, 0.29) is 16.8 Å². The summed E-state index contributed by atoms with van der Waals surface area (Å²) in [4.78, 5) is 11.8. The van der Waals surface area contributed by atoms with Crippen LogP contribution in [0.15, 0.2) is 54.6 Å². The van der Waals surface area contributed by atoms with Gasteiger partial charge >= 0.3 is 0 Å². The first kappa shape index (κ1) is 15.9. The van der Waals surface area contributed by atoms with Gasteiger partial charge in [0.2, 0.25) is 5.91 Å². The lowest BCUT2D eigenvalue weighted by atomic mass is 10.2. The number of thiocarbonyl (C=S) groups is 1. The van der Waals surface area contributed by atoms with Gasteiger partial charge in [0, 0.05) is 11.8 Å². The summed E-state index contributed by atoms with van der Waals surface area (Å²) in [5.41, 5.74) is 2.64. The zero-order valence-corrected chi connectivity index (χ0v) is 12.8. The summed E-state index contributed by atoms with van der Waals surface area (Å²) in [7, 11) is 0. The molecule has 0 spiro atoms. The van der Waals surface area contributed by atoms with Crippen molar-refractivity contribution < 1.29 is 9.18 Å². The molecule has 0 aliphatic rings. The summed E-state index contributed by atoms with van der Waals surface area (Å²) in [6.07, 6.45) is 2.93. The molecule has 2 aromatic carbocycles. The van der Waals surface area contributed by atoms with Crippen LogP contribution in [-0.4, -0.2) is 11.0 Å². The number of hydrogen-bond donors (Lipinski definition) is 2. The SMILES string of the molecule is Cc1cccc(NC(=S)NC(=O)/C=C/c2ccc(F)cc2)c1. The molecule has 5 heteroatoms. The summed E-state index contributed by atoms with van der Waals surface area (Å²) in [5.74, 6) is -0.667. The van der Waals surface area contributed by atoms with Crippen LogP contribution in [0.25, 0.3) is 6.08 Å². The molecular weight excluding hydrogens is 299 g/mol. The van der Waals surface area contributed by atoms with Crippen molar-refractivity contribution >= 4 is 35.0 Å². The second-order valence-corrected chi connectivity index (χ2v) is 5.11. The number of anilines is 1. The van der Waals surface area contributed by atoms with Gasteiger partial charge in [0.15, 0.2) is 5.11 Å². The maximum absolute atomic E-state index is 12.8. The molecule has 0 aliphatic heterocycles. The third-order valence-electron chi connectivity index (χ3n) is 2.81. The lowest BCUT2D eigenvalue weighted by Gasteiger charge is -2.08. The molecule has 0 bridgehead atoms. The van der Waals surface area contributed by atoms with Crippen LogP contribution in [0.2, 0.25) is 0 Å². The molecule has 0 saturated heterocycles. The third kappa shape index (κ3) is 5.10. The summed E-state index contributed by atoms with van der Waals surface area (Å²) in [6, 6.07) is 13.5. The average Bonchev–Trinajstić information content (AvgIpc) is 2.46. The van der Waals surface area contributed by atoms with E-state index in [2.05, 4.69) is 10.6 Å². The molecule has 0 heterocycles. The van der Waals surface area contributed by atoms with Crippen LogP contribution in [-0.2, 0) is 4.79 Å². The molecule has 0 atom stereocenters. The van der Waals surface area contributed by atoms with E-state index in [1.807, 2.05) is 31.2 Å². The van der Waals surface area contributed by atoms with Gasteiger partial charge in [-0.1, -0.05) is 24.3 Å². The van der Waals surface area contributed by atoms with Gasteiger partial charge < -0.3 is 5.32 Å². The van der Waals surface area contributed by atoms with Crippen LogP contribution in [0.5, 0.6) is 0 Å². The third-order valence-corrected chi connectivity index (χ3v) is 3.01. The molecule has 0 unspecified atom stereocenters. The maximum Gasteiger partial charge on any atom is 0.250 e. The van der Waals surface area contributed by atoms with E-state index < -0.39 is 0 Å². The quantitative estimate of drug-likeness (QED) is 0.671. The van der Waals surface area contributed by atoms with Crippen molar-refractivity contribution in [2.75, 3.05) is 5.32 Å². The highest BCUT2D eigenvalue weighted by molar-refractivity contribution is 7.80. The van der Waals surface area contributed by atoms with Gasteiger partial charge in [-0.2, -0.15) is 0 Å². The predicted molar refractivity (Wildman–Crippen MR) is 91.0 cm³/mol. The van der Waals surface area contributed by atoms with Gasteiger partial charge in [-0.15, -0.1) is 0 Å². The van der Waals surface area contributed by atoms with Crippen molar-refractivity contribution in [1.29, 1.82) is 0 Å². The van der Waals surface area contributed by atoms with Crippen LogP contribution in [0.3, 0.4) is 0 Å². The van der Waals surface area contributed by atoms with Gasteiger partial charge in [-0.05, 0) is 60.6 Å². The van der Waals surface area contributed by atoms with E-state index in [0.717, 1.165) is 16.8 Å². The minimum atomic E-state index is -0.352. The molecule has 2 aromatic rings. The molecule has 2 rings (SSSR count). The van der Waals surface area contributed by atoms with E-state index in [4.69, 9.17) is 12.2 Å². The summed E-state index contributed by atoms with van der Waals surface area (Å²) in [5, 5.41) is 5.71. The zero-order chi connectivity index (χ0) is 15.9. The first-order chi connectivity index (χ1) is 10.5. The van der Waals surface area contributed by atoms with E-state index in [1.54, 1.807) is 18.2 Å². The van der Waals surface area contributed by atoms with Crippen molar-refractivity contribution in [2.24, 2.45) is 0 Å². The number of rotatable bonds is 3. The molecular formula is C17H15FN2OS. The van der Waals surface area contributed by atoms with Crippen molar-refractivity contribution in [2.45, 2.75) is 6.92 Å². The fourth-order valence-electron chi connectivity index (χ4n) is 1.78. The van der Waals surface area contributed by atoms with E-state index in [9.17, 15) is 9.18 Å². The normalized spacial score (nSPS) is 10.5. The number of benzene rings is 2. The number of aryl methyl sites for hydroxylation is 1. The Balaban J connectivity index is 1.88. The molecule has 0 aliphatic carbocycles. The summed E-state index contributed by atoms with van der Waals surface area (Å²) in [6.45, 7) is 1.97. The minimum Gasteiger partial charge on any atom is -0.332 e. The second-order valence-electron chi connectivity index (χ2n) is 4.70. The lowest BCUT2D eigenvalue weighted by Crippen LogP contribution is -2.32. The number of amides is 1. The minimum absolute atomic E-state index is 0.222. The monoisotopic (exact) mass is 314 g/mol. The largest absolute Gasteiger partial charge is 0.332 e. The average molecular weight is 314 g/mol. The lowest BCUT2D eigenvalue weighted by molar-refractivity contribution is -0.115. The molecule has 22 heavy (non-hydrogen) atoms. The molecule has 2 N–H and O–H groups in total. The standard InChI is InChI=1S/C17H15FN2OS/c1-12-3-2-4-15(11-12)19-17(22)20-16(21)10-7-13-5-8-14(18)9-6-13/h2-11H,1H3,(H2,19,20,21,22)/b10-7+. The number of nitrogens with one attached hydrogen (secondary N) is 2. The first-order valence-electron chi connectivity index (χ1n) is 6.65. The van der Waals surface area contributed by atoms with E-state index in [0.29, 0.717) is 0 Å². The highest BCUT2D eigenvalue weighted by Crippen LogP contribution is 2.09. The van der Waals surface area contributed by atoms with Crippen molar-refractivity contribution in [3.63, 3.8) is 0 Å². The molecule has 3 nitrogen and oxygen atoms in total. The number of carbonyl (C=O) groups excluding carboxylic acids is 1. The summed E-state index contributed by atoms with van der Waals surface area (Å²) >= 11 is 5.08. The maximum atomic E-state index is 12.8. The molecule has 112 valence electrons. The van der Waals surface area contributed by atoms with Gasteiger partial charge in [0.25, 0.3) is 0 Å². The number of halogens is 1. The Morgan fingerprint density at radius 2 is 1.91 bits per heavy atom. The highest BCUT2D eigenvalue weighted by atomic mass is 32.1. The number of hydrogen-bond acceptors (Lipinski definition) is 2. The van der Waals surface area contributed by atoms with Crippen LogP contribution >= 0.6 is 12.2 Å². The van der Waals surface area contributed by atoms with Gasteiger partial charge in [-0.3, -0.25) is 10.1 Å². The summed E-state index contributed by atoms with van der Waals surface area (Å²) < 4.78 is 12.8. The zero-order valence-electron chi connectivity index (χ0n) is 12.0. The second kappa shape index (κ2) is 7.47. The Hall–Kier alpha value is -2.53. The molecule has 1 amide bonds. The molecule has 0 fully saturated rings. The first-order valence-corrected chi connectivity index (χ1v) is 7.06. The van der Waals surface area contributed by atoms with Crippen LogP contribution in [0.1, 0.15) is 11.1 Å². The number of carbonyl (C=O) groups is 1. The van der Waals surface area contributed by atoms with E-state index >= 15 is 0 Å². The van der Waals surface area contributed by atoms with Crippen LogP contribution in [0, 0.1) is 12.7 Å². The molecule has 0 aromatic heterocycles. The fourth-order valence-corrected chi connectivity index (χ4v) is 2.00.